The summed E-state index contributed by atoms with van der Waals surface area (Å²) < 4.78 is 43.4. The molecule has 39 heavy (non-hydrogen) atoms. The Bertz CT molecular complexity index is 1850. The Hall–Kier alpha value is -4.09. The molecule has 6 heterocycles. The molecule has 2 N–H and O–H groups in total. The second-order valence-corrected chi connectivity index (χ2v) is 11.2. The first-order valence-corrected chi connectivity index (χ1v) is 13.3. The van der Waals surface area contributed by atoms with E-state index in [-0.39, 0.29) is 13.0 Å². The molecule has 7 nitrogen and oxygen atoms in total. The van der Waals surface area contributed by atoms with Crippen molar-refractivity contribution in [1.82, 2.24) is 35.0 Å². The maximum atomic E-state index is 16.1. The molecule has 0 aliphatic carbocycles. The molecule has 6 aromatic rings. The average molecular weight is 546 g/mol. The summed E-state index contributed by atoms with van der Waals surface area (Å²) in [6.07, 6.45) is 4.77. The average Bonchev–Trinajstić information content (AvgIpc) is 3.70. The third-order valence-electron chi connectivity index (χ3n) is 7.05. The number of thiophene rings is 1. The summed E-state index contributed by atoms with van der Waals surface area (Å²) in [5.41, 5.74) is 4.77. The molecule has 1 aliphatic heterocycles. The number of fused-ring (bicyclic) bond motifs is 2. The molecule has 0 saturated carbocycles. The van der Waals surface area contributed by atoms with Gasteiger partial charge < -0.3 is 4.98 Å². The van der Waals surface area contributed by atoms with Gasteiger partial charge >= 0.3 is 0 Å². The zero-order chi connectivity index (χ0) is 26.7. The summed E-state index contributed by atoms with van der Waals surface area (Å²) in [5, 5.41) is 7.59. The monoisotopic (exact) mass is 545 g/mol. The lowest BCUT2D eigenvalue weighted by Crippen LogP contribution is -2.24. The van der Waals surface area contributed by atoms with E-state index in [9.17, 15) is 8.78 Å². The summed E-state index contributed by atoms with van der Waals surface area (Å²) in [5.74, 6) is -2.73. The smallest absolute Gasteiger partial charge is 0.261 e. The lowest BCUT2D eigenvalue weighted by molar-refractivity contribution is 0.0115. The number of imidazole rings is 1. The van der Waals surface area contributed by atoms with Gasteiger partial charge in [0.05, 0.1) is 23.0 Å². The minimum Gasteiger partial charge on any atom is -0.335 e. The standard InChI is InChI=1S/C28H22F3N7S/c1-15-2-5-21(39-15)19-6-8-33-26-24(19)34-27(35-26)25-22-20(36-37-25)4-3-18(23(22)29)17-10-16(11-32-12-17)13-38-9-7-28(30,31)14-38/h2-6,8,10-12H,7,9,13-14H2,1H3,(H,36,37)(H,33,34,35). The van der Waals surface area contributed by atoms with Crippen molar-refractivity contribution in [3.8, 4) is 33.1 Å². The quantitative estimate of drug-likeness (QED) is 0.256. The van der Waals surface area contributed by atoms with Crippen molar-refractivity contribution in [1.29, 1.82) is 0 Å². The van der Waals surface area contributed by atoms with Crippen molar-refractivity contribution in [3.05, 3.63) is 71.2 Å². The number of benzene rings is 1. The van der Waals surface area contributed by atoms with Crippen LogP contribution >= 0.6 is 11.3 Å². The summed E-state index contributed by atoms with van der Waals surface area (Å²) in [6.45, 7) is 2.42. The molecule has 1 saturated heterocycles. The molecule has 5 aromatic heterocycles. The molecular weight excluding hydrogens is 523 g/mol. The summed E-state index contributed by atoms with van der Waals surface area (Å²) in [4.78, 5) is 20.6. The van der Waals surface area contributed by atoms with Gasteiger partial charge in [-0.3, -0.25) is 15.0 Å². The lowest BCUT2D eigenvalue weighted by atomic mass is 10.0. The third-order valence-corrected chi connectivity index (χ3v) is 8.08. The molecule has 0 spiro atoms. The fourth-order valence-electron chi connectivity index (χ4n) is 5.20. The zero-order valence-corrected chi connectivity index (χ0v) is 21.6. The fraction of sp³-hybridized carbons (Fsp3) is 0.214. The fourth-order valence-corrected chi connectivity index (χ4v) is 6.10. The Morgan fingerprint density at radius 1 is 1.10 bits per heavy atom. The first kappa shape index (κ1) is 24.0. The predicted molar refractivity (Wildman–Crippen MR) is 145 cm³/mol. The van der Waals surface area contributed by atoms with Crippen LogP contribution in [-0.2, 0) is 6.54 Å². The highest BCUT2D eigenvalue weighted by Crippen LogP contribution is 2.36. The number of hydrogen-bond acceptors (Lipinski definition) is 6. The second-order valence-electron chi connectivity index (χ2n) is 9.87. The van der Waals surface area contributed by atoms with Crippen LogP contribution < -0.4 is 0 Å². The molecule has 11 heteroatoms. The van der Waals surface area contributed by atoms with E-state index in [0.29, 0.717) is 52.3 Å². The number of rotatable bonds is 5. The Morgan fingerprint density at radius 2 is 2.00 bits per heavy atom. The Kier molecular flexibility index (Phi) is 5.53. The molecule has 1 fully saturated rings. The van der Waals surface area contributed by atoms with Gasteiger partial charge in [0.25, 0.3) is 5.92 Å². The minimum absolute atomic E-state index is 0.152. The van der Waals surface area contributed by atoms with Gasteiger partial charge in [-0.15, -0.1) is 11.3 Å². The highest BCUT2D eigenvalue weighted by atomic mass is 32.1. The Labute approximate surface area is 224 Å². The maximum Gasteiger partial charge on any atom is 0.261 e. The molecule has 196 valence electrons. The number of pyridine rings is 2. The molecule has 1 aromatic carbocycles. The van der Waals surface area contributed by atoms with Gasteiger partial charge in [0.1, 0.15) is 11.5 Å². The topological polar surface area (TPSA) is 86.4 Å². The lowest BCUT2D eigenvalue weighted by Gasteiger charge is -2.16. The van der Waals surface area contributed by atoms with Crippen LogP contribution in [0.25, 0.3) is 55.2 Å². The van der Waals surface area contributed by atoms with Crippen LogP contribution in [0.4, 0.5) is 13.2 Å². The van der Waals surface area contributed by atoms with E-state index in [4.69, 9.17) is 0 Å². The maximum absolute atomic E-state index is 16.1. The van der Waals surface area contributed by atoms with E-state index in [1.54, 1.807) is 53.0 Å². The molecule has 7 rings (SSSR count). The van der Waals surface area contributed by atoms with Crippen LogP contribution in [0.5, 0.6) is 0 Å². The number of nitrogens with one attached hydrogen (secondary N) is 2. The van der Waals surface area contributed by atoms with Crippen molar-refractivity contribution in [2.75, 3.05) is 13.1 Å². The number of nitrogens with zero attached hydrogens (tertiary/aromatic N) is 5. The van der Waals surface area contributed by atoms with Crippen molar-refractivity contribution in [3.63, 3.8) is 0 Å². The number of H-pyrrole nitrogens is 2. The number of hydrogen-bond donors (Lipinski definition) is 2. The van der Waals surface area contributed by atoms with Gasteiger partial charge in [0.15, 0.2) is 11.5 Å². The van der Waals surface area contributed by atoms with E-state index < -0.39 is 11.7 Å². The summed E-state index contributed by atoms with van der Waals surface area (Å²) in [6, 6.07) is 11.3. The molecule has 0 amide bonds. The van der Waals surface area contributed by atoms with Gasteiger partial charge in [0, 0.05) is 64.5 Å². The zero-order valence-electron chi connectivity index (χ0n) is 20.8. The third kappa shape index (κ3) is 4.27. The van der Waals surface area contributed by atoms with E-state index in [2.05, 4.69) is 49.2 Å². The van der Waals surface area contributed by atoms with E-state index in [0.717, 1.165) is 21.5 Å². The number of halogens is 3. The van der Waals surface area contributed by atoms with Crippen molar-refractivity contribution < 1.29 is 13.2 Å². The molecule has 0 unspecified atom stereocenters. The predicted octanol–water partition coefficient (Wildman–Crippen LogP) is 6.58. The normalized spacial score (nSPS) is 15.6. The van der Waals surface area contributed by atoms with Crippen LogP contribution in [-0.4, -0.2) is 54.0 Å². The van der Waals surface area contributed by atoms with Gasteiger partial charge in [-0.1, -0.05) is 0 Å². The number of alkyl halides is 2. The molecule has 0 radical (unpaired) electrons. The van der Waals surface area contributed by atoms with Crippen LogP contribution in [0, 0.1) is 12.7 Å². The number of aromatic amines is 2. The first-order valence-electron chi connectivity index (χ1n) is 12.5. The van der Waals surface area contributed by atoms with Crippen molar-refractivity contribution >= 4 is 33.4 Å². The summed E-state index contributed by atoms with van der Waals surface area (Å²) in [7, 11) is 0. The second kappa shape index (κ2) is 8.99. The van der Waals surface area contributed by atoms with Gasteiger partial charge in [-0.05, 0) is 48.9 Å². The largest absolute Gasteiger partial charge is 0.335 e. The highest BCUT2D eigenvalue weighted by Gasteiger charge is 2.38. The molecule has 0 atom stereocenters. The minimum atomic E-state index is -2.67. The Morgan fingerprint density at radius 3 is 2.79 bits per heavy atom. The number of likely N-dealkylation sites (tertiary alicyclic amines) is 1. The molecular formula is C28H22F3N7S. The Balaban J connectivity index is 1.28. The van der Waals surface area contributed by atoms with E-state index in [1.807, 2.05) is 6.07 Å². The molecule has 0 bridgehead atoms. The van der Waals surface area contributed by atoms with Crippen molar-refractivity contribution in [2.45, 2.75) is 25.8 Å². The SMILES string of the molecule is Cc1ccc(-c2ccnc3nc(-c4n[nH]c5ccc(-c6cncc(CN7CCC(F)(F)C7)c6)c(F)c45)[nH]c23)s1. The van der Waals surface area contributed by atoms with Gasteiger partial charge in [-0.2, -0.15) is 5.10 Å². The van der Waals surface area contributed by atoms with E-state index >= 15 is 4.39 Å². The van der Waals surface area contributed by atoms with Gasteiger partial charge in [-0.25, -0.2) is 23.1 Å². The number of aryl methyl sites for hydroxylation is 1. The van der Waals surface area contributed by atoms with E-state index in [1.165, 1.54) is 4.88 Å². The van der Waals surface area contributed by atoms with Gasteiger partial charge in [0.2, 0.25) is 0 Å². The summed E-state index contributed by atoms with van der Waals surface area (Å²) >= 11 is 1.67. The molecule has 1 aliphatic rings. The number of aromatic nitrogens is 6. The first-order chi connectivity index (χ1) is 18.8. The van der Waals surface area contributed by atoms with Crippen LogP contribution in [0.2, 0.25) is 0 Å². The van der Waals surface area contributed by atoms with Crippen LogP contribution in [0.1, 0.15) is 16.9 Å². The van der Waals surface area contributed by atoms with Crippen LogP contribution in [0.3, 0.4) is 0 Å². The highest BCUT2D eigenvalue weighted by molar-refractivity contribution is 7.15. The van der Waals surface area contributed by atoms with Crippen molar-refractivity contribution in [2.24, 2.45) is 0 Å². The van der Waals surface area contributed by atoms with Crippen LogP contribution in [0.15, 0.2) is 55.0 Å².